The number of aromatic nitrogens is 5. The van der Waals surface area contributed by atoms with Crippen LogP contribution >= 0.6 is 0 Å². The van der Waals surface area contributed by atoms with Gasteiger partial charge in [0.05, 0.1) is 30.5 Å². The molecule has 0 saturated carbocycles. The van der Waals surface area contributed by atoms with Crippen LogP contribution in [-0.2, 0) is 24.1 Å². The van der Waals surface area contributed by atoms with Crippen LogP contribution in [-0.4, -0.2) is 62.3 Å². The van der Waals surface area contributed by atoms with Crippen LogP contribution < -0.4 is 10.6 Å². The number of carbonyl (C=O) groups is 1. The molecule has 4 N–H and O–H groups in total. The molecule has 1 saturated heterocycles. The highest BCUT2D eigenvalue weighted by molar-refractivity contribution is 6.07. The van der Waals surface area contributed by atoms with Gasteiger partial charge in [0.1, 0.15) is 23.5 Å². The quantitative estimate of drug-likeness (QED) is 0.339. The summed E-state index contributed by atoms with van der Waals surface area (Å²) in [4.78, 5) is 27.7. The molecule has 1 aliphatic carbocycles. The first-order chi connectivity index (χ1) is 17.2. The number of carbonyl (C=O) groups excluding carboxylic acids is 1. The maximum atomic E-state index is 13.1. The fraction of sp³-hybridized carbons (Fsp3) is 0.360. The van der Waals surface area contributed by atoms with Gasteiger partial charge in [-0.25, -0.2) is 9.97 Å². The molecule has 1 aliphatic heterocycles. The Morgan fingerprint density at radius 3 is 2.77 bits per heavy atom. The summed E-state index contributed by atoms with van der Waals surface area (Å²) in [5, 5.41) is 14.2. The van der Waals surface area contributed by atoms with E-state index in [4.69, 9.17) is 4.74 Å². The summed E-state index contributed by atoms with van der Waals surface area (Å²) >= 11 is 0. The number of H-pyrrole nitrogens is 2. The van der Waals surface area contributed by atoms with Gasteiger partial charge < -0.3 is 20.4 Å². The highest BCUT2D eigenvalue weighted by Crippen LogP contribution is 2.33. The van der Waals surface area contributed by atoms with Gasteiger partial charge in [-0.2, -0.15) is 5.10 Å². The average molecular weight is 473 g/mol. The Labute approximate surface area is 202 Å². The number of fused-ring (bicyclic) bond motifs is 3. The van der Waals surface area contributed by atoms with Crippen LogP contribution in [0.15, 0.2) is 36.8 Å². The van der Waals surface area contributed by atoms with Crippen molar-refractivity contribution in [3.63, 3.8) is 0 Å². The number of hydrogen-bond donors (Lipinski definition) is 4. The van der Waals surface area contributed by atoms with E-state index in [0.29, 0.717) is 17.2 Å². The van der Waals surface area contributed by atoms with Crippen molar-refractivity contribution >= 4 is 34.1 Å². The van der Waals surface area contributed by atoms with Crippen LogP contribution in [0, 0.1) is 0 Å². The Hall–Kier alpha value is -3.76. The molecule has 3 aromatic heterocycles. The third-order valence-corrected chi connectivity index (χ3v) is 6.73. The van der Waals surface area contributed by atoms with Gasteiger partial charge in [0.2, 0.25) is 0 Å². The summed E-state index contributed by atoms with van der Waals surface area (Å²) in [5.41, 5.74) is 6.16. The lowest BCUT2D eigenvalue weighted by molar-refractivity contribution is 0.0342. The summed E-state index contributed by atoms with van der Waals surface area (Å²) < 4.78 is 5.41. The Kier molecular flexibility index (Phi) is 5.89. The molecular weight excluding hydrogens is 444 g/mol. The lowest BCUT2D eigenvalue weighted by Crippen LogP contribution is -2.35. The largest absolute Gasteiger partial charge is 0.379 e. The van der Waals surface area contributed by atoms with Crippen molar-refractivity contribution in [1.29, 1.82) is 0 Å². The van der Waals surface area contributed by atoms with Gasteiger partial charge in [0.25, 0.3) is 5.91 Å². The second-order valence-electron chi connectivity index (χ2n) is 9.06. The van der Waals surface area contributed by atoms with Crippen LogP contribution in [0.5, 0.6) is 0 Å². The van der Waals surface area contributed by atoms with Crippen molar-refractivity contribution in [3.8, 4) is 0 Å². The topological polar surface area (TPSA) is 124 Å². The normalized spacial score (nSPS) is 16.2. The number of anilines is 3. The number of ether oxygens (including phenoxy) is 1. The zero-order valence-corrected chi connectivity index (χ0v) is 19.4. The monoisotopic (exact) mass is 472 g/mol. The van der Waals surface area contributed by atoms with E-state index in [1.807, 2.05) is 24.3 Å². The number of benzene rings is 1. The van der Waals surface area contributed by atoms with Gasteiger partial charge in [0, 0.05) is 31.0 Å². The van der Waals surface area contributed by atoms with E-state index in [-0.39, 0.29) is 5.91 Å². The minimum absolute atomic E-state index is 0.271. The summed E-state index contributed by atoms with van der Waals surface area (Å²) in [6.45, 7) is 4.32. The molecule has 35 heavy (non-hydrogen) atoms. The predicted molar refractivity (Wildman–Crippen MR) is 133 cm³/mol. The van der Waals surface area contributed by atoms with Crippen molar-refractivity contribution in [2.75, 3.05) is 36.9 Å². The first kappa shape index (κ1) is 21.8. The summed E-state index contributed by atoms with van der Waals surface area (Å²) in [6, 6.07) is 7.95. The summed E-state index contributed by atoms with van der Waals surface area (Å²) in [7, 11) is 0. The van der Waals surface area contributed by atoms with Gasteiger partial charge in [-0.1, -0.05) is 12.1 Å². The zero-order chi connectivity index (χ0) is 23.6. The van der Waals surface area contributed by atoms with Crippen LogP contribution in [0.1, 0.15) is 40.2 Å². The van der Waals surface area contributed by atoms with E-state index in [9.17, 15) is 4.79 Å². The summed E-state index contributed by atoms with van der Waals surface area (Å²) in [6.07, 6.45) is 7.49. The smallest absolute Gasteiger partial charge is 0.275 e. The molecule has 0 bridgehead atoms. The van der Waals surface area contributed by atoms with Crippen LogP contribution in [0.2, 0.25) is 0 Å². The van der Waals surface area contributed by atoms with E-state index >= 15 is 0 Å². The Morgan fingerprint density at radius 2 is 1.91 bits per heavy atom. The Morgan fingerprint density at radius 1 is 1.09 bits per heavy atom. The van der Waals surface area contributed by atoms with Crippen molar-refractivity contribution in [2.24, 2.45) is 0 Å². The number of amides is 1. The highest BCUT2D eigenvalue weighted by Gasteiger charge is 2.21. The molecule has 180 valence electrons. The first-order valence-corrected chi connectivity index (χ1v) is 12.1. The zero-order valence-electron chi connectivity index (χ0n) is 19.4. The SMILES string of the molecule is O=C(Nc1ccc(CN2CCOCC2)cc1)c1[nH]ncc1Nc1ncnc2[nH]c3c(c12)CCCC3. The lowest BCUT2D eigenvalue weighted by atomic mass is 9.96. The number of nitrogens with one attached hydrogen (secondary N) is 4. The standard InChI is InChI=1S/C25H28N8O2/c34-25(29-17-7-5-16(6-8-17)14-33-9-11-35-12-10-33)22-20(13-28-32-22)31-24-21-18-3-1-2-4-19(18)30-23(21)26-15-27-24/h5-8,13,15H,1-4,9-12,14H2,(H,28,32)(H,29,34)(H2,26,27,30,31). The number of hydrogen-bond acceptors (Lipinski definition) is 7. The number of nitrogens with zero attached hydrogens (tertiary/aromatic N) is 4. The molecule has 2 aliphatic rings. The van der Waals surface area contributed by atoms with E-state index in [1.165, 1.54) is 29.6 Å². The number of aromatic amines is 2. The molecule has 1 fully saturated rings. The van der Waals surface area contributed by atoms with Crippen LogP contribution in [0.3, 0.4) is 0 Å². The third kappa shape index (κ3) is 4.50. The molecule has 6 rings (SSSR count). The minimum Gasteiger partial charge on any atom is -0.379 e. The second-order valence-corrected chi connectivity index (χ2v) is 9.06. The Bertz CT molecular complexity index is 1340. The fourth-order valence-electron chi connectivity index (χ4n) is 4.91. The molecule has 10 nitrogen and oxygen atoms in total. The number of morpholine rings is 1. The maximum absolute atomic E-state index is 13.1. The van der Waals surface area contributed by atoms with Gasteiger partial charge in [-0.15, -0.1) is 0 Å². The summed E-state index contributed by atoms with van der Waals surface area (Å²) in [5.74, 6) is 0.407. The fourth-order valence-corrected chi connectivity index (χ4v) is 4.91. The molecule has 0 spiro atoms. The molecule has 1 aromatic carbocycles. The molecule has 10 heteroatoms. The van der Waals surface area contributed by atoms with E-state index in [2.05, 4.69) is 40.7 Å². The molecule has 4 aromatic rings. The van der Waals surface area contributed by atoms with E-state index < -0.39 is 0 Å². The van der Waals surface area contributed by atoms with Crippen LogP contribution in [0.4, 0.5) is 17.2 Å². The first-order valence-electron chi connectivity index (χ1n) is 12.1. The van der Waals surface area contributed by atoms with Gasteiger partial charge in [-0.05, 0) is 48.9 Å². The Balaban J connectivity index is 1.17. The molecular formula is C25H28N8O2. The molecule has 0 atom stereocenters. The number of rotatable bonds is 6. The average Bonchev–Trinajstić information content (AvgIpc) is 3.51. The molecule has 0 radical (unpaired) electrons. The minimum atomic E-state index is -0.271. The van der Waals surface area contributed by atoms with Crippen molar-refractivity contribution in [3.05, 3.63) is 59.3 Å². The van der Waals surface area contributed by atoms with E-state index in [1.54, 1.807) is 6.20 Å². The highest BCUT2D eigenvalue weighted by atomic mass is 16.5. The van der Waals surface area contributed by atoms with E-state index in [0.717, 1.165) is 68.8 Å². The van der Waals surface area contributed by atoms with Crippen molar-refractivity contribution in [1.82, 2.24) is 30.0 Å². The van der Waals surface area contributed by atoms with Gasteiger partial charge >= 0.3 is 0 Å². The predicted octanol–water partition coefficient (Wildman–Crippen LogP) is 3.39. The lowest BCUT2D eigenvalue weighted by Gasteiger charge is -2.26. The molecule has 1 amide bonds. The molecule has 0 unspecified atom stereocenters. The third-order valence-electron chi connectivity index (χ3n) is 6.73. The van der Waals surface area contributed by atoms with Crippen molar-refractivity contribution < 1.29 is 9.53 Å². The van der Waals surface area contributed by atoms with Gasteiger partial charge in [0.15, 0.2) is 0 Å². The molecule has 4 heterocycles. The van der Waals surface area contributed by atoms with Crippen LogP contribution in [0.25, 0.3) is 11.0 Å². The van der Waals surface area contributed by atoms with Crippen molar-refractivity contribution in [2.45, 2.75) is 32.2 Å². The second kappa shape index (κ2) is 9.47. The maximum Gasteiger partial charge on any atom is 0.275 e. The van der Waals surface area contributed by atoms with Gasteiger partial charge in [-0.3, -0.25) is 14.8 Å². The number of aryl methyl sites for hydroxylation is 2.